The van der Waals surface area contributed by atoms with Gasteiger partial charge in [0.25, 0.3) is 0 Å². The number of aliphatic hydroxyl groups excluding tert-OH is 2. The third-order valence-corrected chi connectivity index (χ3v) is 6.03. The summed E-state index contributed by atoms with van der Waals surface area (Å²) in [7, 11) is -1.79. The summed E-state index contributed by atoms with van der Waals surface area (Å²) >= 11 is 0. The zero-order valence-corrected chi connectivity index (χ0v) is 16.0. The van der Waals surface area contributed by atoms with E-state index in [9.17, 15) is 18.8 Å². The molecule has 2 unspecified atom stereocenters. The molecule has 0 amide bonds. The first kappa shape index (κ1) is 20.0. The van der Waals surface area contributed by atoms with Gasteiger partial charge in [-0.2, -0.15) is 5.26 Å². The highest BCUT2D eigenvalue weighted by atomic mass is 32.2. The van der Waals surface area contributed by atoms with Crippen LogP contribution in [0.5, 0.6) is 0 Å². The van der Waals surface area contributed by atoms with Gasteiger partial charge in [0.15, 0.2) is 6.23 Å². The van der Waals surface area contributed by atoms with Crippen molar-refractivity contribution < 1.29 is 18.8 Å². The van der Waals surface area contributed by atoms with Crippen molar-refractivity contribution in [2.75, 3.05) is 5.32 Å². The Labute approximate surface area is 162 Å². The minimum atomic E-state index is -3.42. The average Bonchev–Trinajstić information content (AvgIpc) is 2.90. The van der Waals surface area contributed by atoms with Crippen LogP contribution in [0.15, 0.2) is 35.4 Å². The maximum absolute atomic E-state index is 13.5. The van der Waals surface area contributed by atoms with E-state index in [2.05, 4.69) is 10.0 Å². The number of fused-ring (bicyclic) bond motifs is 1. The van der Waals surface area contributed by atoms with Gasteiger partial charge in [0, 0.05) is 24.5 Å². The van der Waals surface area contributed by atoms with E-state index in [-0.39, 0.29) is 10.5 Å². The van der Waals surface area contributed by atoms with Crippen molar-refractivity contribution >= 4 is 21.7 Å². The summed E-state index contributed by atoms with van der Waals surface area (Å²) in [5.41, 5.74) is 0.883. The second-order valence-electron chi connectivity index (χ2n) is 6.56. The molecule has 5 N–H and O–H groups in total. The molecule has 28 heavy (non-hydrogen) atoms. The Morgan fingerprint density at radius 1 is 1.46 bits per heavy atom. The average molecular weight is 405 g/mol. The molecule has 2 heterocycles. The predicted octanol–water partition coefficient (Wildman–Crippen LogP) is 1.83. The van der Waals surface area contributed by atoms with Gasteiger partial charge in [-0.25, -0.2) is 18.1 Å². The SMILES string of the molecule is C[C@H](O)[C@H]1C=Cc2c(cn(C)c2C(O)Nc2ccc(F)c(C#N)c2)S(=N)(=O)N1. The third kappa shape index (κ3) is 3.65. The Morgan fingerprint density at radius 2 is 2.18 bits per heavy atom. The topological polar surface area (TPSA) is 134 Å². The van der Waals surface area contributed by atoms with Crippen LogP contribution in [0.25, 0.3) is 6.08 Å². The van der Waals surface area contributed by atoms with Crippen LogP contribution < -0.4 is 10.0 Å². The summed E-state index contributed by atoms with van der Waals surface area (Å²) in [5, 5.41) is 32.2. The van der Waals surface area contributed by atoms with Crippen LogP contribution in [0.1, 0.15) is 30.0 Å². The number of hydrogen-bond donors (Lipinski definition) is 5. The maximum atomic E-state index is 13.5. The van der Waals surface area contributed by atoms with E-state index >= 15 is 0 Å². The summed E-state index contributed by atoms with van der Waals surface area (Å²) in [4.78, 5) is 0.182. The second kappa shape index (κ2) is 7.37. The largest absolute Gasteiger partial charge is 0.391 e. The second-order valence-corrected chi connectivity index (χ2v) is 8.34. The van der Waals surface area contributed by atoms with Gasteiger partial charge in [-0.05, 0) is 25.1 Å². The summed E-state index contributed by atoms with van der Waals surface area (Å²) in [6.07, 6.45) is 2.53. The van der Waals surface area contributed by atoms with Gasteiger partial charge < -0.3 is 20.1 Å². The van der Waals surface area contributed by atoms with Gasteiger partial charge in [0.2, 0.25) is 0 Å². The van der Waals surface area contributed by atoms with Crippen LogP contribution in [0.2, 0.25) is 0 Å². The molecular formula is C18H20FN5O3S. The molecule has 0 saturated heterocycles. The van der Waals surface area contributed by atoms with Crippen molar-refractivity contribution in [3.8, 4) is 6.07 Å². The van der Waals surface area contributed by atoms with Crippen LogP contribution in [-0.4, -0.2) is 31.1 Å². The molecule has 0 spiro atoms. The Kier molecular flexibility index (Phi) is 5.27. The van der Waals surface area contributed by atoms with Crippen LogP contribution in [-0.2, 0) is 17.0 Å². The molecule has 148 valence electrons. The number of nitrogens with zero attached hydrogens (tertiary/aromatic N) is 2. The first-order valence-corrected chi connectivity index (χ1v) is 9.95. The summed E-state index contributed by atoms with van der Waals surface area (Å²) < 4.78 is 38.7. The first-order chi connectivity index (χ1) is 13.1. The van der Waals surface area contributed by atoms with Gasteiger partial charge in [-0.3, -0.25) is 0 Å². The number of halogens is 1. The fourth-order valence-electron chi connectivity index (χ4n) is 3.05. The molecule has 0 bridgehead atoms. The van der Waals surface area contributed by atoms with E-state index in [0.29, 0.717) is 16.9 Å². The molecule has 1 aromatic carbocycles. The number of aromatic nitrogens is 1. The molecule has 0 fully saturated rings. The normalized spacial score (nSPS) is 23.4. The fourth-order valence-corrected chi connectivity index (χ4v) is 4.62. The van der Waals surface area contributed by atoms with Crippen molar-refractivity contribution in [3.63, 3.8) is 0 Å². The number of aryl methyl sites for hydroxylation is 1. The minimum absolute atomic E-state index is 0.166. The molecule has 4 atom stereocenters. The molecule has 0 radical (unpaired) electrons. The van der Waals surface area contributed by atoms with E-state index in [0.717, 1.165) is 6.07 Å². The van der Waals surface area contributed by atoms with Crippen LogP contribution >= 0.6 is 0 Å². The summed E-state index contributed by atoms with van der Waals surface area (Å²) in [6, 6.07) is 4.82. The molecular weight excluding hydrogens is 385 g/mol. The molecule has 0 aliphatic carbocycles. The highest BCUT2D eigenvalue weighted by Crippen LogP contribution is 2.31. The van der Waals surface area contributed by atoms with E-state index in [4.69, 9.17) is 10.0 Å². The number of nitriles is 1. The number of nitrogens with one attached hydrogen (secondary N) is 3. The Morgan fingerprint density at radius 3 is 2.82 bits per heavy atom. The van der Waals surface area contributed by atoms with Gasteiger partial charge >= 0.3 is 0 Å². The smallest absolute Gasteiger partial charge is 0.166 e. The van der Waals surface area contributed by atoms with Crippen molar-refractivity contribution in [3.05, 3.63) is 53.1 Å². The molecule has 10 heteroatoms. The van der Waals surface area contributed by atoms with Gasteiger partial charge in [0.1, 0.15) is 21.8 Å². The summed E-state index contributed by atoms with van der Waals surface area (Å²) in [6.45, 7) is 1.52. The van der Waals surface area contributed by atoms with E-state index in [1.807, 2.05) is 0 Å². The highest BCUT2D eigenvalue weighted by Gasteiger charge is 2.29. The molecule has 1 aliphatic heterocycles. The van der Waals surface area contributed by atoms with E-state index in [1.165, 1.54) is 25.3 Å². The monoisotopic (exact) mass is 405 g/mol. The number of aliphatic hydroxyl groups is 2. The highest BCUT2D eigenvalue weighted by molar-refractivity contribution is 7.90. The number of benzene rings is 1. The van der Waals surface area contributed by atoms with E-state index in [1.54, 1.807) is 29.8 Å². The molecule has 3 rings (SSSR count). The van der Waals surface area contributed by atoms with Crippen LogP contribution in [0, 0.1) is 21.9 Å². The van der Waals surface area contributed by atoms with Crippen LogP contribution in [0.4, 0.5) is 10.1 Å². The van der Waals surface area contributed by atoms with Gasteiger partial charge in [-0.1, -0.05) is 12.2 Å². The quantitative estimate of drug-likeness (QED) is 0.495. The molecule has 0 saturated carbocycles. The van der Waals surface area contributed by atoms with E-state index < -0.39 is 34.1 Å². The fraction of sp³-hybridized carbons (Fsp3) is 0.278. The lowest BCUT2D eigenvalue weighted by atomic mass is 10.1. The number of hydrogen-bond acceptors (Lipinski definition) is 6. The van der Waals surface area contributed by atoms with Crippen molar-refractivity contribution in [1.82, 2.24) is 9.29 Å². The standard InChI is InChI=1S/C18H20FN5O3S/c1-10(25)15-6-4-13-16(28(21,27)23-15)9-24(2)17(13)18(26)22-12-3-5-14(19)11(7-12)8-20/h3-7,9-10,15,18,22,25-26H,1-2H3,(H2,21,23,27)/t10-,15+,18?,28?/m0/s1. The molecule has 1 aromatic heterocycles. The van der Waals surface area contributed by atoms with Gasteiger partial charge in [-0.15, -0.1) is 0 Å². The molecule has 2 aromatic rings. The maximum Gasteiger partial charge on any atom is 0.166 e. The van der Waals surface area contributed by atoms with Crippen molar-refractivity contribution in [2.45, 2.75) is 30.2 Å². The molecule has 8 nitrogen and oxygen atoms in total. The molecule has 1 aliphatic rings. The number of rotatable bonds is 4. The van der Waals surface area contributed by atoms with Crippen LogP contribution in [0.3, 0.4) is 0 Å². The van der Waals surface area contributed by atoms with Crippen molar-refractivity contribution in [2.24, 2.45) is 7.05 Å². The minimum Gasteiger partial charge on any atom is -0.391 e. The lowest BCUT2D eigenvalue weighted by Crippen LogP contribution is -2.39. The third-order valence-electron chi connectivity index (χ3n) is 4.48. The predicted molar refractivity (Wildman–Crippen MR) is 102 cm³/mol. The zero-order chi connectivity index (χ0) is 20.6. The van der Waals surface area contributed by atoms with Crippen molar-refractivity contribution in [1.29, 1.82) is 10.0 Å². The Balaban J connectivity index is 2.01. The Hall–Kier alpha value is -2.71. The zero-order valence-electron chi connectivity index (χ0n) is 15.2. The first-order valence-electron chi connectivity index (χ1n) is 8.40. The summed E-state index contributed by atoms with van der Waals surface area (Å²) in [5.74, 6) is -0.664. The van der Waals surface area contributed by atoms with Gasteiger partial charge in [0.05, 0.1) is 28.3 Å². The number of anilines is 1. The lowest BCUT2D eigenvalue weighted by Gasteiger charge is -2.17. The Bertz CT molecular complexity index is 1090. The lowest BCUT2D eigenvalue weighted by molar-refractivity contribution is 0.175.